The Hall–Kier alpha value is -3.03. The van der Waals surface area contributed by atoms with Gasteiger partial charge in [-0.3, -0.25) is 9.52 Å². The zero-order valence-corrected chi connectivity index (χ0v) is 22.3. The minimum absolute atomic E-state index is 0.0308. The molecule has 1 amide bonds. The number of amides is 1. The van der Waals surface area contributed by atoms with Crippen molar-refractivity contribution in [3.05, 3.63) is 87.4 Å². The quantitative estimate of drug-likeness (QED) is 0.365. The molecule has 3 aromatic carbocycles. The Kier molecular flexibility index (Phi) is 8.13. The second-order valence-corrected chi connectivity index (χ2v) is 10.9. The lowest BCUT2D eigenvalue weighted by atomic mass is 9.93. The first-order valence-corrected chi connectivity index (χ1v) is 13.2. The molecule has 8 heteroatoms. The molecule has 0 saturated heterocycles. The third-order valence-electron chi connectivity index (χ3n) is 5.93. The van der Waals surface area contributed by atoms with Gasteiger partial charge in [0, 0.05) is 5.56 Å². The molecular weight excluding hydrogens is 484 g/mol. The summed E-state index contributed by atoms with van der Waals surface area (Å²) in [6.45, 7) is 9.83. The molecule has 0 aliphatic carbocycles. The first-order chi connectivity index (χ1) is 16.4. The third kappa shape index (κ3) is 5.97. The minimum Gasteiger partial charge on any atom is -0.496 e. The number of hydrogen-bond acceptors (Lipinski definition) is 4. The molecule has 0 aliphatic heterocycles. The van der Waals surface area contributed by atoms with Crippen molar-refractivity contribution in [3.63, 3.8) is 0 Å². The molecule has 0 aromatic heterocycles. The standard InChI is InChI=1S/C27H31ClN2O4S/c1-16(2)21-15-22(18(4)13-25(21)34-6)19(5)29-27(31)20-11-12-23(28)26(14-20)35(32,33)30-24-10-8-7-9-17(24)3/h7-16,19,30H,1-6H3,(H,29,31). The second-order valence-electron chi connectivity index (χ2n) is 8.87. The van der Waals surface area contributed by atoms with Crippen LogP contribution in [0.2, 0.25) is 5.02 Å². The van der Waals surface area contributed by atoms with Crippen LogP contribution in [0.25, 0.3) is 0 Å². The number of para-hydroxylation sites is 1. The Bertz CT molecular complexity index is 1350. The van der Waals surface area contributed by atoms with Crippen molar-refractivity contribution in [3.8, 4) is 5.75 Å². The van der Waals surface area contributed by atoms with Gasteiger partial charge in [-0.05, 0) is 85.3 Å². The van der Waals surface area contributed by atoms with Crippen LogP contribution in [0.15, 0.2) is 59.5 Å². The van der Waals surface area contributed by atoms with Gasteiger partial charge in [0.1, 0.15) is 10.6 Å². The monoisotopic (exact) mass is 514 g/mol. The molecule has 1 atom stereocenters. The molecule has 0 radical (unpaired) electrons. The van der Waals surface area contributed by atoms with Gasteiger partial charge in [0.25, 0.3) is 15.9 Å². The Morgan fingerprint density at radius 2 is 1.63 bits per heavy atom. The SMILES string of the molecule is COc1cc(C)c(C(C)NC(=O)c2ccc(Cl)c(S(=O)(=O)Nc3ccccc3C)c2)cc1C(C)C. The highest BCUT2D eigenvalue weighted by Crippen LogP contribution is 2.32. The van der Waals surface area contributed by atoms with Crippen LogP contribution < -0.4 is 14.8 Å². The van der Waals surface area contributed by atoms with E-state index in [0.717, 1.165) is 28.0 Å². The lowest BCUT2D eigenvalue weighted by Gasteiger charge is -2.21. The van der Waals surface area contributed by atoms with E-state index in [9.17, 15) is 13.2 Å². The number of methoxy groups -OCH3 is 1. The van der Waals surface area contributed by atoms with Gasteiger partial charge in [-0.25, -0.2) is 8.42 Å². The fourth-order valence-corrected chi connectivity index (χ4v) is 5.56. The maximum Gasteiger partial charge on any atom is 0.263 e. The Morgan fingerprint density at radius 1 is 0.943 bits per heavy atom. The van der Waals surface area contributed by atoms with Crippen molar-refractivity contribution in [1.82, 2.24) is 5.32 Å². The van der Waals surface area contributed by atoms with E-state index in [1.807, 2.05) is 32.0 Å². The fourth-order valence-electron chi connectivity index (χ4n) is 3.91. The van der Waals surface area contributed by atoms with Gasteiger partial charge in [-0.1, -0.05) is 43.6 Å². The van der Waals surface area contributed by atoms with E-state index in [2.05, 4.69) is 23.9 Å². The predicted molar refractivity (Wildman–Crippen MR) is 141 cm³/mol. The Balaban J connectivity index is 1.88. The van der Waals surface area contributed by atoms with E-state index < -0.39 is 15.9 Å². The Morgan fingerprint density at radius 3 is 2.26 bits per heavy atom. The molecule has 2 N–H and O–H groups in total. The van der Waals surface area contributed by atoms with Gasteiger partial charge in [-0.15, -0.1) is 0 Å². The number of rotatable bonds is 8. The van der Waals surface area contributed by atoms with Gasteiger partial charge < -0.3 is 10.1 Å². The molecule has 35 heavy (non-hydrogen) atoms. The number of ether oxygens (including phenoxy) is 1. The lowest BCUT2D eigenvalue weighted by molar-refractivity contribution is 0.0939. The summed E-state index contributed by atoms with van der Waals surface area (Å²) >= 11 is 6.23. The number of aryl methyl sites for hydroxylation is 2. The van der Waals surface area contributed by atoms with Crippen LogP contribution in [0.1, 0.15) is 65.3 Å². The second kappa shape index (κ2) is 10.7. The molecule has 0 bridgehead atoms. The number of halogens is 1. The van der Waals surface area contributed by atoms with Crippen molar-refractivity contribution in [2.45, 2.75) is 51.5 Å². The van der Waals surface area contributed by atoms with Crippen LogP contribution in [0.5, 0.6) is 5.75 Å². The summed E-state index contributed by atoms with van der Waals surface area (Å²) in [5, 5.41) is 3.01. The summed E-state index contributed by atoms with van der Waals surface area (Å²) in [5.74, 6) is 0.660. The van der Waals surface area contributed by atoms with E-state index in [-0.39, 0.29) is 27.4 Å². The van der Waals surface area contributed by atoms with Crippen molar-refractivity contribution < 1.29 is 17.9 Å². The van der Waals surface area contributed by atoms with Gasteiger partial charge in [0.15, 0.2) is 0 Å². The van der Waals surface area contributed by atoms with E-state index in [4.69, 9.17) is 16.3 Å². The topological polar surface area (TPSA) is 84.5 Å². The lowest BCUT2D eigenvalue weighted by Crippen LogP contribution is -2.27. The molecule has 3 rings (SSSR count). The average Bonchev–Trinajstić information content (AvgIpc) is 2.79. The average molecular weight is 515 g/mol. The molecular formula is C27H31ClN2O4S. The van der Waals surface area contributed by atoms with Gasteiger partial charge in [-0.2, -0.15) is 0 Å². The molecule has 0 fully saturated rings. The van der Waals surface area contributed by atoms with E-state index in [1.54, 1.807) is 32.2 Å². The van der Waals surface area contributed by atoms with Gasteiger partial charge >= 0.3 is 0 Å². The Labute approximate surface area is 212 Å². The minimum atomic E-state index is -4.01. The molecule has 0 spiro atoms. The molecule has 0 saturated carbocycles. The van der Waals surface area contributed by atoms with Crippen LogP contribution >= 0.6 is 11.6 Å². The molecule has 0 aliphatic rings. The summed E-state index contributed by atoms with van der Waals surface area (Å²) in [4.78, 5) is 12.9. The van der Waals surface area contributed by atoms with Crippen LogP contribution in [0.3, 0.4) is 0 Å². The van der Waals surface area contributed by atoms with Crippen molar-refractivity contribution in [2.75, 3.05) is 11.8 Å². The highest BCUT2D eigenvalue weighted by atomic mass is 35.5. The molecule has 6 nitrogen and oxygen atoms in total. The van der Waals surface area contributed by atoms with Crippen LogP contribution in [0.4, 0.5) is 5.69 Å². The highest BCUT2D eigenvalue weighted by molar-refractivity contribution is 7.92. The number of sulfonamides is 1. The number of anilines is 1. The summed E-state index contributed by atoms with van der Waals surface area (Å²) in [7, 11) is -2.36. The van der Waals surface area contributed by atoms with Crippen molar-refractivity contribution in [2.24, 2.45) is 0 Å². The molecule has 0 heterocycles. The van der Waals surface area contributed by atoms with Crippen molar-refractivity contribution >= 4 is 33.2 Å². The maximum atomic E-state index is 13.1. The third-order valence-corrected chi connectivity index (χ3v) is 7.77. The predicted octanol–water partition coefficient (Wildman–Crippen LogP) is 6.38. The molecule has 1 unspecified atom stereocenters. The number of benzene rings is 3. The van der Waals surface area contributed by atoms with Crippen molar-refractivity contribution in [1.29, 1.82) is 0 Å². The summed E-state index contributed by atoms with van der Waals surface area (Å²) in [5.41, 5.74) is 4.42. The summed E-state index contributed by atoms with van der Waals surface area (Å²) < 4.78 is 34.2. The zero-order chi connectivity index (χ0) is 25.9. The van der Waals surface area contributed by atoms with E-state index in [0.29, 0.717) is 5.69 Å². The molecule has 186 valence electrons. The smallest absolute Gasteiger partial charge is 0.263 e. The number of hydrogen-bond donors (Lipinski definition) is 2. The zero-order valence-electron chi connectivity index (χ0n) is 20.8. The van der Waals surface area contributed by atoms with Gasteiger partial charge in [0.2, 0.25) is 0 Å². The summed E-state index contributed by atoms with van der Waals surface area (Å²) in [6, 6.07) is 15.0. The van der Waals surface area contributed by atoms with Crippen LogP contribution in [-0.2, 0) is 10.0 Å². The normalized spacial score (nSPS) is 12.3. The maximum absolute atomic E-state index is 13.1. The van der Waals surface area contributed by atoms with E-state index >= 15 is 0 Å². The van der Waals surface area contributed by atoms with Crippen LogP contribution in [0, 0.1) is 13.8 Å². The number of carbonyl (C=O) groups is 1. The summed E-state index contributed by atoms with van der Waals surface area (Å²) in [6.07, 6.45) is 0. The van der Waals surface area contributed by atoms with E-state index in [1.165, 1.54) is 18.2 Å². The highest BCUT2D eigenvalue weighted by Gasteiger charge is 2.22. The van der Waals surface area contributed by atoms with Gasteiger partial charge in [0.05, 0.1) is 23.9 Å². The van der Waals surface area contributed by atoms with Crippen LogP contribution in [-0.4, -0.2) is 21.4 Å². The molecule has 3 aromatic rings. The first-order valence-electron chi connectivity index (χ1n) is 11.3. The first kappa shape index (κ1) is 26.6. The largest absolute Gasteiger partial charge is 0.496 e. The number of carbonyl (C=O) groups excluding carboxylic acids is 1. The number of nitrogens with one attached hydrogen (secondary N) is 2. The fraction of sp³-hybridized carbons (Fsp3) is 0.296.